The standard InChI is InChI=1S/C15H12N4O3S/c1-16-10-7-6-9(8-12(10)19(21)22)14(20)18-15-17-11-4-2-3-5-13(11)23-15/h2-8,16H,1H3,(H,17,18,20). The Hall–Kier alpha value is -3.00. The normalized spacial score (nSPS) is 10.5. The minimum atomic E-state index is -0.527. The summed E-state index contributed by atoms with van der Waals surface area (Å²) in [5, 5.41) is 16.9. The summed E-state index contributed by atoms with van der Waals surface area (Å²) >= 11 is 1.35. The van der Waals surface area contributed by atoms with Crippen LogP contribution in [0.5, 0.6) is 0 Å². The van der Waals surface area contributed by atoms with E-state index in [0.717, 1.165) is 10.2 Å². The van der Waals surface area contributed by atoms with Crippen molar-refractivity contribution in [3.63, 3.8) is 0 Å². The van der Waals surface area contributed by atoms with Gasteiger partial charge in [-0.15, -0.1) is 0 Å². The molecule has 0 radical (unpaired) electrons. The quantitative estimate of drug-likeness (QED) is 0.564. The Bertz CT molecular complexity index is 874. The van der Waals surface area contributed by atoms with Gasteiger partial charge in [0.15, 0.2) is 5.13 Å². The van der Waals surface area contributed by atoms with E-state index in [0.29, 0.717) is 10.8 Å². The lowest BCUT2D eigenvalue weighted by atomic mass is 10.1. The fourth-order valence-corrected chi connectivity index (χ4v) is 2.99. The Morgan fingerprint density at radius 3 is 2.74 bits per heavy atom. The number of carbonyl (C=O) groups excluding carboxylic acids is 1. The van der Waals surface area contributed by atoms with Crippen LogP contribution in [-0.2, 0) is 0 Å². The zero-order chi connectivity index (χ0) is 16.4. The fourth-order valence-electron chi connectivity index (χ4n) is 2.13. The maximum atomic E-state index is 12.3. The molecule has 0 saturated carbocycles. The number of rotatable bonds is 4. The molecule has 0 atom stereocenters. The van der Waals surface area contributed by atoms with Crippen LogP contribution in [0, 0.1) is 10.1 Å². The van der Waals surface area contributed by atoms with Crippen molar-refractivity contribution in [2.75, 3.05) is 17.7 Å². The third-order valence-electron chi connectivity index (χ3n) is 3.24. The second-order valence-electron chi connectivity index (χ2n) is 4.68. The number of hydrogen-bond donors (Lipinski definition) is 2. The largest absolute Gasteiger partial charge is 0.383 e. The Kier molecular flexibility index (Phi) is 3.90. The van der Waals surface area contributed by atoms with Crippen LogP contribution in [0.15, 0.2) is 42.5 Å². The number of carbonyl (C=O) groups is 1. The number of aromatic nitrogens is 1. The molecule has 23 heavy (non-hydrogen) atoms. The topological polar surface area (TPSA) is 97.2 Å². The number of thiazole rings is 1. The first-order chi connectivity index (χ1) is 11.1. The molecule has 1 heterocycles. The second kappa shape index (κ2) is 6.01. The van der Waals surface area contributed by atoms with Gasteiger partial charge in [-0.25, -0.2) is 4.98 Å². The number of anilines is 2. The van der Waals surface area contributed by atoms with Crippen molar-refractivity contribution in [1.29, 1.82) is 0 Å². The summed E-state index contributed by atoms with van der Waals surface area (Å²) in [6.07, 6.45) is 0. The number of nitro benzene ring substituents is 1. The molecule has 0 bridgehead atoms. The van der Waals surface area contributed by atoms with Gasteiger partial charge < -0.3 is 5.32 Å². The maximum Gasteiger partial charge on any atom is 0.293 e. The van der Waals surface area contributed by atoms with Crippen LogP contribution in [0.3, 0.4) is 0 Å². The number of benzene rings is 2. The van der Waals surface area contributed by atoms with E-state index in [-0.39, 0.29) is 11.3 Å². The SMILES string of the molecule is CNc1ccc(C(=O)Nc2nc3ccccc3s2)cc1[N+](=O)[O-]. The summed E-state index contributed by atoms with van der Waals surface area (Å²) in [6.45, 7) is 0. The highest BCUT2D eigenvalue weighted by Crippen LogP contribution is 2.28. The summed E-state index contributed by atoms with van der Waals surface area (Å²) in [6, 6.07) is 11.8. The van der Waals surface area contributed by atoms with E-state index in [1.165, 1.54) is 29.5 Å². The zero-order valence-corrected chi connectivity index (χ0v) is 12.9. The molecule has 0 unspecified atom stereocenters. The van der Waals surface area contributed by atoms with Crippen molar-refractivity contribution in [2.45, 2.75) is 0 Å². The van der Waals surface area contributed by atoms with Gasteiger partial charge in [-0.2, -0.15) is 0 Å². The van der Waals surface area contributed by atoms with Gasteiger partial charge in [0.1, 0.15) is 5.69 Å². The molecule has 1 aromatic heterocycles. The van der Waals surface area contributed by atoms with Crippen LogP contribution in [0.4, 0.5) is 16.5 Å². The van der Waals surface area contributed by atoms with E-state index >= 15 is 0 Å². The van der Waals surface area contributed by atoms with Crippen molar-refractivity contribution in [3.8, 4) is 0 Å². The van der Waals surface area contributed by atoms with E-state index in [4.69, 9.17) is 0 Å². The van der Waals surface area contributed by atoms with Crippen molar-refractivity contribution >= 4 is 44.0 Å². The first kappa shape index (κ1) is 14.9. The van der Waals surface area contributed by atoms with E-state index < -0.39 is 10.8 Å². The average Bonchev–Trinajstić information content (AvgIpc) is 2.96. The monoisotopic (exact) mass is 328 g/mol. The van der Waals surface area contributed by atoms with E-state index in [1.807, 2.05) is 24.3 Å². The Labute approximate surface area is 135 Å². The number of nitrogens with one attached hydrogen (secondary N) is 2. The van der Waals surface area contributed by atoms with Crippen LogP contribution >= 0.6 is 11.3 Å². The number of nitro groups is 1. The first-order valence-corrected chi connectivity index (χ1v) is 7.53. The fraction of sp³-hybridized carbons (Fsp3) is 0.0667. The molecule has 7 nitrogen and oxygen atoms in total. The highest BCUT2D eigenvalue weighted by Gasteiger charge is 2.17. The van der Waals surface area contributed by atoms with Crippen LogP contribution in [0.25, 0.3) is 10.2 Å². The number of nitrogens with zero attached hydrogens (tertiary/aromatic N) is 2. The highest BCUT2D eigenvalue weighted by atomic mass is 32.1. The molecule has 2 aromatic carbocycles. The number of hydrogen-bond acceptors (Lipinski definition) is 6. The van der Waals surface area contributed by atoms with E-state index in [9.17, 15) is 14.9 Å². The molecule has 0 fully saturated rings. The minimum absolute atomic E-state index is 0.149. The molecule has 116 valence electrons. The molecule has 8 heteroatoms. The third-order valence-corrected chi connectivity index (χ3v) is 4.19. The van der Waals surface area contributed by atoms with Crippen LogP contribution in [0.2, 0.25) is 0 Å². The maximum absolute atomic E-state index is 12.3. The lowest BCUT2D eigenvalue weighted by Gasteiger charge is -2.05. The molecular formula is C15H12N4O3S. The van der Waals surface area contributed by atoms with Gasteiger partial charge in [-0.1, -0.05) is 23.5 Å². The summed E-state index contributed by atoms with van der Waals surface area (Å²) < 4.78 is 0.958. The molecular weight excluding hydrogens is 316 g/mol. The first-order valence-electron chi connectivity index (χ1n) is 6.71. The minimum Gasteiger partial charge on any atom is -0.383 e. The number of para-hydroxylation sites is 1. The zero-order valence-electron chi connectivity index (χ0n) is 12.1. The molecule has 3 aromatic rings. The van der Waals surface area contributed by atoms with Crippen molar-refractivity contribution in [2.24, 2.45) is 0 Å². The van der Waals surface area contributed by atoms with Gasteiger partial charge in [-0.05, 0) is 24.3 Å². The smallest absolute Gasteiger partial charge is 0.293 e. The second-order valence-corrected chi connectivity index (χ2v) is 5.71. The summed E-state index contributed by atoms with van der Waals surface area (Å²) in [5.41, 5.74) is 1.20. The lowest BCUT2D eigenvalue weighted by molar-refractivity contribution is -0.384. The number of fused-ring (bicyclic) bond motifs is 1. The van der Waals surface area contributed by atoms with Gasteiger partial charge in [0, 0.05) is 18.7 Å². The molecule has 0 aliphatic rings. The van der Waals surface area contributed by atoms with Crippen LogP contribution in [0.1, 0.15) is 10.4 Å². The molecule has 3 rings (SSSR count). The predicted molar refractivity (Wildman–Crippen MR) is 90.2 cm³/mol. The Morgan fingerprint density at radius 1 is 1.26 bits per heavy atom. The summed E-state index contributed by atoms with van der Waals surface area (Å²) in [4.78, 5) is 27.1. The van der Waals surface area contributed by atoms with Gasteiger partial charge >= 0.3 is 0 Å². The van der Waals surface area contributed by atoms with Gasteiger partial charge in [-0.3, -0.25) is 20.2 Å². The van der Waals surface area contributed by atoms with Crippen molar-refractivity contribution in [3.05, 3.63) is 58.1 Å². The van der Waals surface area contributed by atoms with Crippen molar-refractivity contribution < 1.29 is 9.72 Å². The Morgan fingerprint density at radius 2 is 2.04 bits per heavy atom. The van der Waals surface area contributed by atoms with Gasteiger partial charge in [0.2, 0.25) is 0 Å². The molecule has 0 aliphatic carbocycles. The van der Waals surface area contributed by atoms with Crippen LogP contribution in [-0.4, -0.2) is 22.9 Å². The molecule has 0 spiro atoms. The van der Waals surface area contributed by atoms with Gasteiger partial charge in [0.25, 0.3) is 11.6 Å². The molecule has 0 aliphatic heterocycles. The van der Waals surface area contributed by atoms with E-state index in [1.54, 1.807) is 7.05 Å². The molecule has 1 amide bonds. The lowest BCUT2D eigenvalue weighted by Crippen LogP contribution is -2.12. The third kappa shape index (κ3) is 2.97. The number of amides is 1. The van der Waals surface area contributed by atoms with E-state index in [2.05, 4.69) is 15.6 Å². The van der Waals surface area contributed by atoms with Gasteiger partial charge in [0.05, 0.1) is 15.1 Å². The summed E-state index contributed by atoms with van der Waals surface area (Å²) in [5.74, 6) is -0.435. The average molecular weight is 328 g/mol. The molecule has 0 saturated heterocycles. The van der Waals surface area contributed by atoms with Crippen LogP contribution < -0.4 is 10.6 Å². The van der Waals surface area contributed by atoms with Crippen molar-refractivity contribution in [1.82, 2.24) is 4.98 Å². The highest BCUT2D eigenvalue weighted by molar-refractivity contribution is 7.22. The predicted octanol–water partition coefficient (Wildman–Crippen LogP) is 3.50. The Balaban J connectivity index is 1.88. The molecule has 2 N–H and O–H groups in total. The summed E-state index contributed by atoms with van der Waals surface area (Å²) in [7, 11) is 1.59.